The fourth-order valence-corrected chi connectivity index (χ4v) is 3.40. The Balaban J connectivity index is 1.39. The number of hydrogen-bond acceptors (Lipinski definition) is 5. The molecule has 0 aliphatic heterocycles. The van der Waals surface area contributed by atoms with E-state index in [1.807, 2.05) is 60.0 Å². The number of nitrogens with one attached hydrogen (secondary N) is 3. The third-order valence-corrected chi connectivity index (χ3v) is 5.25. The minimum Gasteiger partial charge on any atom is -0.491 e. The summed E-state index contributed by atoms with van der Waals surface area (Å²) in [4.78, 5) is 16.9. The maximum atomic E-state index is 12.4. The molecule has 2 aromatic heterocycles. The van der Waals surface area contributed by atoms with E-state index in [0.717, 1.165) is 28.2 Å². The highest BCUT2D eigenvalue weighted by molar-refractivity contribution is 5.99. The maximum absolute atomic E-state index is 12.4. The molecular formula is C25H30N6O3. The van der Waals surface area contributed by atoms with Gasteiger partial charge in [-0.05, 0) is 43.3 Å². The van der Waals surface area contributed by atoms with Crippen molar-refractivity contribution in [2.24, 2.45) is 0 Å². The third-order valence-electron chi connectivity index (χ3n) is 5.25. The van der Waals surface area contributed by atoms with Gasteiger partial charge in [0.1, 0.15) is 18.7 Å². The molecule has 0 saturated heterocycles. The molecule has 34 heavy (non-hydrogen) atoms. The highest BCUT2D eigenvalue weighted by Crippen LogP contribution is 2.24. The van der Waals surface area contributed by atoms with Crippen LogP contribution in [0.4, 0.5) is 16.3 Å². The summed E-state index contributed by atoms with van der Waals surface area (Å²) in [7, 11) is 0. The molecule has 3 N–H and O–H groups in total. The van der Waals surface area contributed by atoms with Gasteiger partial charge in [0, 0.05) is 41.2 Å². The Morgan fingerprint density at radius 1 is 1.06 bits per heavy atom. The van der Waals surface area contributed by atoms with E-state index in [2.05, 4.69) is 46.6 Å². The van der Waals surface area contributed by atoms with Crippen LogP contribution >= 0.6 is 0 Å². The molecule has 178 valence electrons. The van der Waals surface area contributed by atoms with Crippen LogP contribution in [0.3, 0.4) is 0 Å². The number of rotatable bonds is 8. The average molecular weight is 463 g/mol. The summed E-state index contributed by atoms with van der Waals surface area (Å²) in [6, 6.07) is 14.8. The molecular weight excluding hydrogens is 432 g/mol. The molecule has 0 atom stereocenters. The molecule has 0 spiro atoms. The zero-order valence-electron chi connectivity index (χ0n) is 19.9. The summed E-state index contributed by atoms with van der Waals surface area (Å²) in [5, 5.41) is 12.7. The van der Waals surface area contributed by atoms with Gasteiger partial charge < -0.3 is 14.8 Å². The van der Waals surface area contributed by atoms with Crippen molar-refractivity contribution in [1.29, 1.82) is 0 Å². The van der Waals surface area contributed by atoms with Gasteiger partial charge in [0.05, 0.1) is 17.6 Å². The van der Waals surface area contributed by atoms with Crippen LogP contribution in [0.2, 0.25) is 0 Å². The Morgan fingerprint density at radius 3 is 2.56 bits per heavy atom. The van der Waals surface area contributed by atoms with E-state index in [1.165, 1.54) is 0 Å². The van der Waals surface area contributed by atoms with Crippen LogP contribution in [0.15, 0.2) is 54.9 Å². The molecule has 0 aliphatic carbocycles. The van der Waals surface area contributed by atoms with E-state index in [4.69, 9.17) is 9.47 Å². The first-order valence-electron chi connectivity index (χ1n) is 11.3. The SMILES string of the molecule is CCOCCOc1ccc2c(c1)ncn2-c1ccc(NC(=O)Nc2cc(C(C)(C)C)[nH]n2)cc1. The lowest BCUT2D eigenvalue weighted by Crippen LogP contribution is -2.19. The number of carbonyl (C=O) groups is 1. The minimum absolute atomic E-state index is 0.0745. The Morgan fingerprint density at radius 2 is 1.85 bits per heavy atom. The summed E-state index contributed by atoms with van der Waals surface area (Å²) in [5.41, 5.74) is 4.27. The third kappa shape index (κ3) is 5.55. The van der Waals surface area contributed by atoms with Crippen LogP contribution in [0.1, 0.15) is 33.4 Å². The number of hydrogen-bond donors (Lipinski definition) is 3. The van der Waals surface area contributed by atoms with Crippen molar-refractivity contribution in [2.75, 3.05) is 30.5 Å². The van der Waals surface area contributed by atoms with Gasteiger partial charge in [-0.15, -0.1) is 0 Å². The number of imidazole rings is 1. The van der Waals surface area contributed by atoms with Crippen LogP contribution in [0, 0.1) is 0 Å². The molecule has 4 aromatic rings. The monoisotopic (exact) mass is 462 g/mol. The zero-order chi connectivity index (χ0) is 24.1. The van der Waals surface area contributed by atoms with E-state index >= 15 is 0 Å². The number of carbonyl (C=O) groups excluding carboxylic acids is 1. The van der Waals surface area contributed by atoms with E-state index in [1.54, 1.807) is 6.33 Å². The Bertz CT molecular complexity index is 1250. The molecule has 0 unspecified atom stereocenters. The number of fused-ring (bicyclic) bond motifs is 1. The first kappa shape index (κ1) is 23.3. The molecule has 9 nitrogen and oxygen atoms in total. The van der Waals surface area contributed by atoms with E-state index in [0.29, 0.717) is 31.3 Å². The number of ether oxygens (including phenoxy) is 2. The Kier molecular flexibility index (Phi) is 6.83. The van der Waals surface area contributed by atoms with Crippen molar-refractivity contribution in [1.82, 2.24) is 19.7 Å². The molecule has 0 fully saturated rings. The van der Waals surface area contributed by atoms with Crippen molar-refractivity contribution >= 4 is 28.6 Å². The standard InChI is InChI=1S/C25H30N6O3/c1-5-33-12-13-34-19-10-11-21-20(14-19)26-16-31(21)18-8-6-17(7-9-18)27-24(32)28-23-15-22(29-30-23)25(2,3)4/h6-11,14-16H,5,12-13H2,1-4H3,(H3,27,28,29,30,32). The maximum Gasteiger partial charge on any atom is 0.324 e. The highest BCUT2D eigenvalue weighted by atomic mass is 16.5. The Hall–Kier alpha value is -3.85. The average Bonchev–Trinajstić information content (AvgIpc) is 3.44. The molecule has 0 radical (unpaired) electrons. The topological polar surface area (TPSA) is 106 Å². The summed E-state index contributed by atoms with van der Waals surface area (Å²) >= 11 is 0. The highest BCUT2D eigenvalue weighted by Gasteiger charge is 2.17. The lowest BCUT2D eigenvalue weighted by atomic mass is 9.92. The first-order chi connectivity index (χ1) is 16.3. The second-order valence-electron chi connectivity index (χ2n) is 8.85. The van der Waals surface area contributed by atoms with Gasteiger partial charge in [0.2, 0.25) is 0 Å². The van der Waals surface area contributed by atoms with Crippen molar-refractivity contribution < 1.29 is 14.3 Å². The summed E-state index contributed by atoms with van der Waals surface area (Å²) in [6.45, 7) is 9.92. The second kappa shape index (κ2) is 9.96. The molecule has 0 saturated carbocycles. The van der Waals surface area contributed by atoms with Crippen molar-refractivity contribution in [3.05, 3.63) is 60.6 Å². The lowest BCUT2D eigenvalue weighted by molar-refractivity contribution is 0.110. The number of nitrogens with zero attached hydrogens (tertiary/aromatic N) is 3. The van der Waals surface area contributed by atoms with Gasteiger partial charge in [-0.3, -0.25) is 15.0 Å². The number of H-pyrrole nitrogens is 1. The number of aromatic nitrogens is 4. The van der Waals surface area contributed by atoms with Crippen LogP contribution in [0.25, 0.3) is 16.7 Å². The van der Waals surface area contributed by atoms with E-state index in [-0.39, 0.29) is 11.4 Å². The number of amides is 2. The molecule has 2 aromatic carbocycles. The van der Waals surface area contributed by atoms with Crippen molar-refractivity contribution in [3.8, 4) is 11.4 Å². The Labute approximate surface area is 198 Å². The molecule has 4 rings (SSSR count). The second-order valence-corrected chi connectivity index (χ2v) is 8.85. The van der Waals surface area contributed by atoms with Crippen LogP contribution in [-0.4, -0.2) is 45.6 Å². The van der Waals surface area contributed by atoms with Gasteiger partial charge in [0.25, 0.3) is 0 Å². The van der Waals surface area contributed by atoms with Crippen LogP contribution in [-0.2, 0) is 10.2 Å². The number of aromatic amines is 1. The summed E-state index contributed by atoms with van der Waals surface area (Å²) < 4.78 is 13.0. The van der Waals surface area contributed by atoms with Crippen molar-refractivity contribution in [3.63, 3.8) is 0 Å². The number of benzene rings is 2. The number of urea groups is 1. The molecule has 2 heterocycles. The smallest absolute Gasteiger partial charge is 0.324 e. The first-order valence-corrected chi connectivity index (χ1v) is 11.3. The van der Waals surface area contributed by atoms with Gasteiger partial charge in [-0.1, -0.05) is 20.8 Å². The largest absolute Gasteiger partial charge is 0.491 e. The summed E-state index contributed by atoms with van der Waals surface area (Å²) in [5.74, 6) is 1.24. The molecule has 0 aliphatic rings. The lowest BCUT2D eigenvalue weighted by Gasteiger charge is -2.14. The predicted octanol–water partition coefficient (Wildman–Crippen LogP) is 5.11. The van der Waals surface area contributed by atoms with Crippen LogP contribution in [0.5, 0.6) is 5.75 Å². The van der Waals surface area contributed by atoms with E-state index < -0.39 is 0 Å². The summed E-state index contributed by atoms with van der Waals surface area (Å²) in [6.07, 6.45) is 1.77. The predicted molar refractivity (Wildman–Crippen MR) is 133 cm³/mol. The van der Waals surface area contributed by atoms with Gasteiger partial charge in [-0.25, -0.2) is 9.78 Å². The van der Waals surface area contributed by atoms with E-state index in [9.17, 15) is 4.79 Å². The normalized spacial score (nSPS) is 11.5. The van der Waals surface area contributed by atoms with Gasteiger partial charge in [0.15, 0.2) is 5.82 Å². The molecule has 2 amide bonds. The van der Waals surface area contributed by atoms with Gasteiger partial charge in [-0.2, -0.15) is 5.10 Å². The molecule has 9 heteroatoms. The number of anilines is 2. The fourth-order valence-electron chi connectivity index (χ4n) is 3.40. The zero-order valence-corrected chi connectivity index (χ0v) is 19.9. The van der Waals surface area contributed by atoms with Crippen LogP contribution < -0.4 is 15.4 Å². The quantitative estimate of drug-likeness (QED) is 0.316. The van der Waals surface area contributed by atoms with Crippen molar-refractivity contribution in [2.45, 2.75) is 33.1 Å². The molecule has 0 bridgehead atoms. The minimum atomic E-state index is -0.357. The fraction of sp³-hybridized carbons (Fsp3) is 0.320. The van der Waals surface area contributed by atoms with Gasteiger partial charge >= 0.3 is 6.03 Å².